The highest BCUT2D eigenvalue weighted by Gasteiger charge is 2.27. The molecule has 0 aliphatic carbocycles. The van der Waals surface area contributed by atoms with Gasteiger partial charge in [0.1, 0.15) is 45.5 Å². The zero-order valence-corrected chi connectivity index (χ0v) is 64.3. The number of nitrogens with zero attached hydrogens (tertiary/aromatic N) is 12. The van der Waals surface area contributed by atoms with E-state index in [1.165, 1.54) is 42.5 Å². The fraction of sp³-hybridized carbons (Fsp3) is 0.346. The molecular weight excluding hydrogens is 1500 g/mol. The number of aromatic hydroxyl groups is 4. The summed E-state index contributed by atoms with van der Waals surface area (Å²) < 4.78 is 55.2. The number of aromatic nitrogens is 9. The van der Waals surface area contributed by atoms with Crippen LogP contribution in [-0.4, -0.2) is 161 Å². The number of phosphoric acid groups is 2. The molecule has 0 saturated carbocycles. The van der Waals surface area contributed by atoms with Gasteiger partial charge in [-0.15, -0.1) is 0 Å². The summed E-state index contributed by atoms with van der Waals surface area (Å²) in [7, 11) is -9.80. The number of unbranched alkanes of at least 4 members (excludes halogenated alkanes) is 3. The second-order valence-electron chi connectivity index (χ2n) is 26.3. The molecular formula is C78H89N15O18P2. The van der Waals surface area contributed by atoms with Crippen LogP contribution < -0.4 is 26.2 Å². The van der Waals surface area contributed by atoms with Gasteiger partial charge in [-0.2, -0.15) is 0 Å². The predicted octanol–water partition coefficient (Wildman–Crippen LogP) is 11.1. The van der Waals surface area contributed by atoms with Crippen molar-refractivity contribution in [3.05, 3.63) is 160 Å². The average molecular weight is 1590 g/mol. The van der Waals surface area contributed by atoms with E-state index >= 15 is 0 Å². The van der Waals surface area contributed by atoms with Gasteiger partial charge in [0.15, 0.2) is 40.5 Å². The van der Waals surface area contributed by atoms with Gasteiger partial charge in [-0.3, -0.25) is 19.6 Å². The minimum Gasteiger partial charge on any atom is -0.508 e. The fourth-order valence-corrected chi connectivity index (χ4v) is 13.8. The van der Waals surface area contributed by atoms with Gasteiger partial charge in [0.25, 0.3) is 0 Å². The number of imidazole rings is 3. The molecule has 0 spiro atoms. The molecule has 6 aromatic carbocycles. The third kappa shape index (κ3) is 22.0. The van der Waals surface area contributed by atoms with Gasteiger partial charge in [-0.25, -0.2) is 68.4 Å². The number of aryl methyl sites for hydroxylation is 3. The summed E-state index contributed by atoms with van der Waals surface area (Å²) in [6, 6.07) is 31.2. The number of nitrogen functional groups attached to an aromatic ring is 3. The van der Waals surface area contributed by atoms with Crippen LogP contribution in [0.2, 0.25) is 0 Å². The van der Waals surface area contributed by atoms with E-state index in [1.807, 2.05) is 57.7 Å². The summed E-state index contributed by atoms with van der Waals surface area (Å²) in [5.41, 5.74) is 29.5. The monoisotopic (exact) mass is 1590 g/mol. The summed E-state index contributed by atoms with van der Waals surface area (Å²) in [5.74, 6) is 2.07. The number of nitrogens with two attached hydrogens (primary N) is 3. The first-order valence-electron chi connectivity index (χ1n) is 36.6. The molecule has 14 N–H and O–H groups in total. The van der Waals surface area contributed by atoms with Crippen molar-refractivity contribution in [1.82, 2.24) is 43.6 Å². The summed E-state index contributed by atoms with van der Waals surface area (Å²) in [6.07, 6.45) is 14.0. The molecule has 6 heterocycles. The molecule has 6 aromatic heterocycles. The number of isocyanates is 3. The fourth-order valence-electron chi connectivity index (χ4n) is 12.9. The van der Waals surface area contributed by atoms with E-state index < -0.39 is 15.6 Å². The number of fused-ring (bicyclic) bond motifs is 9. The molecule has 113 heavy (non-hydrogen) atoms. The van der Waals surface area contributed by atoms with Gasteiger partial charge in [0.05, 0.1) is 112 Å². The van der Waals surface area contributed by atoms with Gasteiger partial charge in [-0.05, 0) is 122 Å². The molecule has 0 radical (unpaired) electrons. The lowest BCUT2D eigenvalue weighted by Crippen LogP contribution is -2.08. The van der Waals surface area contributed by atoms with E-state index in [4.69, 9.17) is 50.9 Å². The second-order valence-corrected chi connectivity index (χ2v) is 28.6. The van der Waals surface area contributed by atoms with Crippen molar-refractivity contribution in [2.45, 2.75) is 117 Å². The normalized spacial score (nSPS) is 11.5. The number of hydrogen-bond acceptors (Lipinski definition) is 26. The van der Waals surface area contributed by atoms with Gasteiger partial charge in [0.2, 0.25) is 18.2 Å². The van der Waals surface area contributed by atoms with Crippen LogP contribution in [-0.2, 0) is 95.9 Å². The number of benzene rings is 6. The Balaban J connectivity index is 0.000000180. The highest BCUT2D eigenvalue weighted by molar-refractivity contribution is 7.47. The number of ether oxygens (including phenoxy) is 3. The van der Waals surface area contributed by atoms with Gasteiger partial charge < -0.3 is 74.6 Å². The SMILES string of the molecule is CCCCc1nc2c(N)nc3ccc(CCOCCN=C=O)cc3c2n1Cc1cc(O)ccc1O.CCCCc1nc2c(N)nc3ccc(CCOCCN=C=O)cc3c2n1Cc1cccc(O)c1OP(=O)(O)O.CCCCc1nc2c(N)nc3ccc(CCOCCN=C=O)cc3c2n1Cc1cccc(OP(=O)(O)O)c1O. The lowest BCUT2D eigenvalue weighted by Gasteiger charge is -2.16. The Morgan fingerprint density at radius 2 is 0.805 bits per heavy atom. The number of aliphatic imine (C=N–C) groups is 3. The van der Waals surface area contributed by atoms with Crippen LogP contribution in [0.25, 0.3) is 65.8 Å². The number of hydrogen-bond donors (Lipinski definition) is 11. The molecule has 0 aliphatic rings. The number of anilines is 3. The Morgan fingerprint density at radius 3 is 1.19 bits per heavy atom. The van der Waals surface area contributed by atoms with Crippen molar-refractivity contribution in [2.24, 2.45) is 15.0 Å². The molecule has 0 amide bonds. The summed E-state index contributed by atoms with van der Waals surface area (Å²) >= 11 is 0. The lowest BCUT2D eigenvalue weighted by molar-refractivity contribution is 0.145. The predicted molar refractivity (Wildman–Crippen MR) is 425 cm³/mol. The van der Waals surface area contributed by atoms with Crippen molar-refractivity contribution in [3.63, 3.8) is 0 Å². The third-order valence-electron chi connectivity index (χ3n) is 18.3. The average Bonchev–Trinajstić information content (AvgIpc) is 1.64. The zero-order valence-electron chi connectivity index (χ0n) is 62.5. The minimum atomic E-state index is -4.93. The number of pyridine rings is 3. The molecule has 0 bridgehead atoms. The molecule has 0 fully saturated rings. The van der Waals surface area contributed by atoms with E-state index in [2.05, 4.69) is 65.9 Å². The van der Waals surface area contributed by atoms with Gasteiger partial charge in [0, 0.05) is 52.1 Å². The molecule has 0 unspecified atom stereocenters. The number of phosphoric ester groups is 2. The number of carbonyl (C=O) groups excluding carboxylic acids is 3. The van der Waals surface area contributed by atoms with Crippen LogP contribution in [0.5, 0.6) is 34.5 Å². The van der Waals surface area contributed by atoms with Crippen LogP contribution in [0.1, 0.15) is 110 Å². The Hall–Kier alpha value is -11.5. The topological polar surface area (TPSA) is 501 Å². The Labute approximate surface area is 648 Å². The van der Waals surface area contributed by atoms with Crippen LogP contribution in [0.3, 0.4) is 0 Å². The minimum absolute atomic E-state index is 0.0875. The quantitative estimate of drug-likeness (QED) is 0.00566. The van der Waals surface area contributed by atoms with Crippen LogP contribution in [0, 0.1) is 0 Å². The lowest BCUT2D eigenvalue weighted by atomic mass is 10.1. The third-order valence-corrected chi connectivity index (χ3v) is 19.1. The highest BCUT2D eigenvalue weighted by Crippen LogP contribution is 2.46. The molecule has 35 heteroatoms. The maximum atomic E-state index is 11.6. The zero-order chi connectivity index (χ0) is 80.8. The summed E-state index contributed by atoms with van der Waals surface area (Å²) in [6.45, 7) is 10.1. The Bertz CT molecular complexity index is 5630. The van der Waals surface area contributed by atoms with Crippen molar-refractivity contribution < 1.29 is 86.8 Å². The smallest absolute Gasteiger partial charge is 0.508 e. The van der Waals surface area contributed by atoms with Crippen molar-refractivity contribution in [3.8, 4) is 34.5 Å². The first-order chi connectivity index (χ1) is 54.4. The first kappa shape index (κ1) is 83.9. The highest BCUT2D eigenvalue weighted by atomic mass is 31.2. The molecule has 0 saturated heterocycles. The van der Waals surface area contributed by atoms with Crippen molar-refractivity contribution >= 4 is 117 Å². The van der Waals surface area contributed by atoms with E-state index in [0.29, 0.717) is 135 Å². The van der Waals surface area contributed by atoms with E-state index in [1.54, 1.807) is 30.3 Å². The molecule has 12 aromatic rings. The Kier molecular flexibility index (Phi) is 29.4. The number of rotatable bonds is 37. The maximum absolute atomic E-state index is 11.6. The van der Waals surface area contributed by atoms with E-state index in [9.17, 15) is 63.5 Å². The summed E-state index contributed by atoms with van der Waals surface area (Å²) in [4.78, 5) is 106. The molecule has 0 atom stereocenters. The van der Waals surface area contributed by atoms with E-state index in [-0.39, 0.29) is 72.3 Å². The second kappa shape index (κ2) is 39.6. The maximum Gasteiger partial charge on any atom is 0.524 e. The number of phenols is 4. The molecule has 33 nitrogen and oxygen atoms in total. The molecule has 594 valence electrons. The standard InChI is InChI=1S/2C26H30N5O7P.C26H29N5O4/c1-2-3-7-22-30-23-24(31(22)15-18-5-4-6-21(25(18)33)38-39(34,35)36)19-14-17(8-9-20(19)29-26(23)27)10-12-37-13-11-28-16-32;1-2-3-7-22-30-23-24(31(22)15-18-5-4-6-21(33)25(18)38-39(34,35)36)19-14-17(8-9-20(19)29-26(23)27)10-12-37-13-11-28-16-32;1-2-3-4-23-30-24-25(31(23)15-18-14-19(33)6-8-22(18)34)20-13-17(5-7-21(20)29-26(24)27)9-11-35-12-10-28-16-32/h2*4-6,8-9,14,33H,2-3,7,10-13,15H2,1H3,(H2,27,29)(H2,34,35,36);5-8,13-14,33-34H,2-4,9-12,15H2,1H3,(H2,27,29). The van der Waals surface area contributed by atoms with Gasteiger partial charge >= 0.3 is 15.6 Å². The van der Waals surface area contributed by atoms with Crippen LogP contribution in [0.15, 0.2) is 124 Å². The largest absolute Gasteiger partial charge is 0.524 e. The van der Waals surface area contributed by atoms with Crippen molar-refractivity contribution in [2.75, 3.05) is 76.5 Å². The van der Waals surface area contributed by atoms with Crippen LogP contribution >= 0.6 is 15.6 Å². The molecule has 0 aliphatic heterocycles. The van der Waals surface area contributed by atoms with Crippen LogP contribution in [0.4, 0.5) is 17.5 Å². The van der Waals surface area contributed by atoms with Gasteiger partial charge in [-0.1, -0.05) is 82.5 Å². The Morgan fingerprint density at radius 1 is 0.425 bits per heavy atom. The molecule has 12 rings (SSSR count). The number of para-hydroxylation sites is 2. The number of phenolic OH excluding ortho intramolecular Hbond substituents is 4. The van der Waals surface area contributed by atoms with E-state index in [0.717, 1.165) is 117 Å². The first-order valence-corrected chi connectivity index (χ1v) is 39.7. The van der Waals surface area contributed by atoms with Crippen molar-refractivity contribution in [1.29, 1.82) is 0 Å². The summed E-state index contributed by atoms with van der Waals surface area (Å²) in [5, 5.41) is 44.1.